The summed E-state index contributed by atoms with van der Waals surface area (Å²) < 4.78 is 52.6. The molecule has 4 saturated heterocycles. The van der Waals surface area contributed by atoms with E-state index in [0.29, 0.717) is 76.6 Å². The molecule has 0 spiro atoms. The van der Waals surface area contributed by atoms with Crippen LogP contribution in [0.5, 0.6) is 11.8 Å². The van der Waals surface area contributed by atoms with Crippen LogP contribution in [-0.4, -0.2) is 80.8 Å². The molecule has 2 bridgehead atoms. The van der Waals surface area contributed by atoms with Gasteiger partial charge in [-0.05, 0) is 61.9 Å². The van der Waals surface area contributed by atoms with Crippen molar-refractivity contribution in [2.75, 3.05) is 37.7 Å². The van der Waals surface area contributed by atoms with Gasteiger partial charge in [0.25, 0.3) is 0 Å². The zero-order valence-electron chi connectivity index (χ0n) is 24.0. The fourth-order valence-electron chi connectivity index (χ4n) is 7.83. The molecule has 8 rings (SSSR count). The summed E-state index contributed by atoms with van der Waals surface area (Å²) in [6.07, 6.45) is 10.9. The van der Waals surface area contributed by atoms with Crippen molar-refractivity contribution in [1.29, 1.82) is 0 Å². The monoisotopic (exact) mass is 618 g/mol. The molecule has 5 aliphatic rings. The van der Waals surface area contributed by atoms with Gasteiger partial charge in [0, 0.05) is 49.1 Å². The summed E-state index contributed by atoms with van der Waals surface area (Å²) in [6, 6.07) is 6.54. The Bertz CT molecular complexity index is 1780. The van der Waals surface area contributed by atoms with Crippen molar-refractivity contribution in [3.8, 4) is 24.1 Å². The van der Waals surface area contributed by atoms with Gasteiger partial charge in [0.15, 0.2) is 16.8 Å². The van der Waals surface area contributed by atoms with Crippen molar-refractivity contribution in [2.24, 2.45) is 0 Å². The number of alkyl halides is 1. The number of anilines is 1. The highest BCUT2D eigenvalue weighted by molar-refractivity contribution is 7.83. The summed E-state index contributed by atoms with van der Waals surface area (Å²) in [4.78, 5) is 14.3. The number of ether oxygens (including phenoxy) is 1. The van der Waals surface area contributed by atoms with Crippen molar-refractivity contribution in [3.05, 3.63) is 46.9 Å². The van der Waals surface area contributed by atoms with Gasteiger partial charge in [-0.2, -0.15) is 9.97 Å². The van der Waals surface area contributed by atoms with Gasteiger partial charge in [-0.25, -0.2) is 13.0 Å². The molecule has 12 heteroatoms. The van der Waals surface area contributed by atoms with E-state index in [-0.39, 0.29) is 29.5 Å². The topological polar surface area (TPSA) is 103 Å². The van der Waals surface area contributed by atoms with Gasteiger partial charge in [-0.15, -0.1) is 6.42 Å². The Labute approximate surface area is 256 Å². The first-order valence-corrected chi connectivity index (χ1v) is 16.2. The summed E-state index contributed by atoms with van der Waals surface area (Å²) in [7, 11) is -1.79. The van der Waals surface area contributed by atoms with E-state index in [0.717, 1.165) is 32.2 Å². The van der Waals surface area contributed by atoms with E-state index in [1.807, 2.05) is 0 Å². The molecule has 5 aliphatic heterocycles. The minimum Gasteiger partial charge on any atom is -0.508 e. The Balaban J connectivity index is 1.24. The number of nitrogens with zero attached hydrogens (tertiary/aromatic N) is 4. The minimum atomic E-state index is -1.79. The average molecular weight is 619 g/mol. The predicted molar refractivity (Wildman–Crippen MR) is 164 cm³/mol. The van der Waals surface area contributed by atoms with E-state index in [2.05, 4.69) is 25.8 Å². The number of aromatic hydroxyl groups is 1. The van der Waals surface area contributed by atoms with Crippen molar-refractivity contribution in [2.45, 2.75) is 60.8 Å². The number of phenolic OH excluding ortho intramolecular Hbond substituents is 1. The van der Waals surface area contributed by atoms with Crippen molar-refractivity contribution < 1.29 is 22.8 Å². The van der Waals surface area contributed by atoms with Crippen LogP contribution in [0.4, 0.5) is 14.6 Å². The number of terminal acetylenes is 1. The zero-order valence-corrected chi connectivity index (χ0v) is 24.8. The molecule has 2 aromatic carbocycles. The Kier molecular flexibility index (Phi) is 6.55. The maximum atomic E-state index is 14.8. The van der Waals surface area contributed by atoms with E-state index in [1.165, 1.54) is 18.2 Å². The Hall–Kier alpha value is -3.79. The number of phenols is 1. The first kappa shape index (κ1) is 27.7. The number of halogens is 2. The molecule has 6 heterocycles. The predicted octanol–water partition coefficient (Wildman–Crippen LogP) is 3.48. The van der Waals surface area contributed by atoms with E-state index in [9.17, 15) is 18.1 Å². The molecule has 0 amide bonds. The molecule has 3 unspecified atom stereocenters. The number of fused-ring (bicyclic) bond motifs is 5. The van der Waals surface area contributed by atoms with Crippen molar-refractivity contribution >= 4 is 39.3 Å². The first-order valence-electron chi connectivity index (χ1n) is 15.1. The second-order valence-electron chi connectivity index (χ2n) is 12.5. The maximum Gasteiger partial charge on any atom is 0.319 e. The van der Waals surface area contributed by atoms with Gasteiger partial charge in [-0.3, -0.25) is 4.90 Å². The van der Waals surface area contributed by atoms with E-state index < -0.39 is 23.0 Å². The van der Waals surface area contributed by atoms with Crippen LogP contribution in [0, 0.1) is 18.2 Å². The highest BCUT2D eigenvalue weighted by Crippen LogP contribution is 2.42. The SMILES string of the molecule is C#Cc1c(F)ccc2cc(O)cc(C3=Cc4nc(OC[C@@]56CCCN5C[C@H](F)C6)nc(N5CC6CCC(C5)N6)c4S(=O)N3)c12. The molecule has 3 aromatic rings. The highest BCUT2D eigenvalue weighted by Gasteiger charge is 2.49. The third kappa shape index (κ3) is 4.52. The molecule has 3 N–H and O–H groups in total. The molecule has 44 heavy (non-hydrogen) atoms. The van der Waals surface area contributed by atoms with Gasteiger partial charge in [-0.1, -0.05) is 12.0 Å². The van der Waals surface area contributed by atoms with E-state index in [1.54, 1.807) is 12.1 Å². The number of piperazine rings is 1. The molecule has 9 nitrogen and oxygen atoms in total. The highest BCUT2D eigenvalue weighted by atomic mass is 32.2. The van der Waals surface area contributed by atoms with Crippen LogP contribution < -0.4 is 19.7 Å². The van der Waals surface area contributed by atoms with Crippen LogP contribution in [0.25, 0.3) is 22.5 Å². The van der Waals surface area contributed by atoms with E-state index in [4.69, 9.17) is 21.1 Å². The standard InChI is InChI=1S/C32H32F2N6O3S/c1-2-23-25(34)7-4-18-10-22(41)11-24(28(18)23)26-12-27-29(44(42)38-26)30(39-15-20-5-6-21(16-39)35-20)37-31(36-27)43-17-32-8-3-9-40(32)14-19(33)13-32/h1,4,7,10-12,19-21,35,38,41H,3,5-6,8-9,13-17H2/t19-,20?,21?,32+,44?/m1/s1. The number of hydrogen-bond donors (Lipinski definition) is 3. The molecule has 0 saturated carbocycles. The van der Waals surface area contributed by atoms with Crippen LogP contribution in [0.2, 0.25) is 0 Å². The number of aromatic nitrogens is 2. The van der Waals surface area contributed by atoms with Crippen LogP contribution in [0.3, 0.4) is 0 Å². The molecular weight excluding hydrogens is 586 g/mol. The number of rotatable bonds is 5. The van der Waals surface area contributed by atoms with Crippen molar-refractivity contribution in [1.82, 2.24) is 24.9 Å². The van der Waals surface area contributed by atoms with Crippen LogP contribution in [0.1, 0.15) is 48.9 Å². The maximum absolute atomic E-state index is 14.8. The molecule has 0 radical (unpaired) electrons. The fourth-order valence-corrected chi connectivity index (χ4v) is 8.94. The van der Waals surface area contributed by atoms with Crippen LogP contribution in [-0.2, 0) is 11.0 Å². The lowest BCUT2D eigenvalue weighted by Crippen LogP contribution is -2.52. The normalized spacial score (nSPS) is 29.2. The van der Waals surface area contributed by atoms with E-state index >= 15 is 0 Å². The largest absolute Gasteiger partial charge is 0.508 e. The molecule has 0 aliphatic carbocycles. The molecule has 4 fully saturated rings. The third-order valence-electron chi connectivity index (χ3n) is 9.76. The summed E-state index contributed by atoms with van der Waals surface area (Å²) in [5, 5.41) is 15.1. The lowest BCUT2D eigenvalue weighted by atomic mass is 9.95. The second kappa shape index (κ2) is 10.4. The van der Waals surface area contributed by atoms with Gasteiger partial charge in [0.1, 0.15) is 29.2 Å². The van der Waals surface area contributed by atoms with Gasteiger partial charge >= 0.3 is 6.01 Å². The molecule has 5 atom stereocenters. The Morgan fingerprint density at radius 3 is 2.82 bits per heavy atom. The lowest BCUT2D eigenvalue weighted by Gasteiger charge is -2.35. The minimum absolute atomic E-state index is 0.0450. The molecular formula is C32H32F2N6O3S. The first-order chi connectivity index (χ1) is 21.3. The smallest absolute Gasteiger partial charge is 0.319 e. The number of hydrogen-bond acceptors (Lipinski definition) is 8. The lowest BCUT2D eigenvalue weighted by molar-refractivity contribution is 0.107. The van der Waals surface area contributed by atoms with Gasteiger partial charge in [0.2, 0.25) is 0 Å². The Morgan fingerprint density at radius 2 is 2.02 bits per heavy atom. The number of nitrogens with one attached hydrogen (secondary N) is 2. The zero-order chi connectivity index (χ0) is 30.2. The van der Waals surface area contributed by atoms with Crippen LogP contribution >= 0.6 is 0 Å². The third-order valence-corrected chi connectivity index (χ3v) is 10.9. The second-order valence-corrected chi connectivity index (χ2v) is 13.7. The summed E-state index contributed by atoms with van der Waals surface area (Å²) >= 11 is 0. The summed E-state index contributed by atoms with van der Waals surface area (Å²) in [6.45, 7) is 2.93. The quantitative estimate of drug-likeness (QED) is 0.374. The van der Waals surface area contributed by atoms with Crippen molar-refractivity contribution in [3.63, 3.8) is 0 Å². The fraction of sp³-hybridized carbons (Fsp3) is 0.438. The van der Waals surface area contributed by atoms with Crippen LogP contribution in [0.15, 0.2) is 29.2 Å². The summed E-state index contributed by atoms with van der Waals surface area (Å²) in [5.74, 6) is 2.35. The molecule has 1 aromatic heterocycles. The summed E-state index contributed by atoms with van der Waals surface area (Å²) in [5.41, 5.74) is 0.826. The van der Waals surface area contributed by atoms with Gasteiger partial charge < -0.3 is 24.8 Å². The average Bonchev–Trinajstić information content (AvgIpc) is 3.65. The molecule has 228 valence electrons. The van der Waals surface area contributed by atoms with Gasteiger partial charge in [0.05, 0.1) is 22.5 Å². The number of benzene rings is 2. The Morgan fingerprint density at radius 1 is 1.20 bits per heavy atom.